The molecule has 3 N–H and O–H groups in total. The van der Waals surface area contributed by atoms with Gasteiger partial charge in [-0.2, -0.15) is 0 Å². The molecule has 1 amide bonds. The molecule has 6 heteroatoms. The highest BCUT2D eigenvalue weighted by molar-refractivity contribution is 6.01. The minimum atomic E-state index is -0.222. The number of hydrogen-bond acceptors (Lipinski definition) is 3. The van der Waals surface area contributed by atoms with Crippen LogP contribution in [0.15, 0.2) is 42.7 Å². The van der Waals surface area contributed by atoms with Gasteiger partial charge in [-0.25, -0.2) is 0 Å². The third kappa shape index (κ3) is 4.75. The van der Waals surface area contributed by atoms with Gasteiger partial charge in [0.1, 0.15) is 0 Å². The molecule has 1 aromatic heterocycles. The molecule has 0 saturated carbocycles. The number of hydrogen-bond donors (Lipinski definition) is 2. The van der Waals surface area contributed by atoms with E-state index in [0.29, 0.717) is 18.5 Å². The van der Waals surface area contributed by atoms with Crippen molar-refractivity contribution < 1.29 is 4.79 Å². The average Bonchev–Trinajstić information content (AvgIpc) is 3.27. The highest BCUT2D eigenvalue weighted by Gasteiger charge is 2.34. The molecule has 4 rings (SSSR count). The number of likely N-dealkylation sites (tertiary alicyclic amines) is 1. The van der Waals surface area contributed by atoms with Crippen LogP contribution in [0.25, 0.3) is 0 Å². The topological polar surface area (TPSA) is 78.3 Å². The molecule has 0 radical (unpaired) electrons. The molecule has 1 unspecified atom stereocenters. The van der Waals surface area contributed by atoms with Gasteiger partial charge >= 0.3 is 0 Å². The molecule has 32 heavy (non-hydrogen) atoms. The van der Waals surface area contributed by atoms with Gasteiger partial charge in [0.2, 0.25) is 5.91 Å². The first kappa shape index (κ1) is 22.6. The molecule has 1 fully saturated rings. The largest absolute Gasteiger partial charge is 0.369 e. The Morgan fingerprint density at radius 2 is 1.78 bits per heavy atom. The number of nitrogens with two attached hydrogens (primary N) is 1. The summed E-state index contributed by atoms with van der Waals surface area (Å²) in [6.45, 7) is 6.63. The van der Waals surface area contributed by atoms with Gasteiger partial charge in [-0.15, -0.1) is 0 Å². The Morgan fingerprint density at radius 3 is 2.50 bits per heavy atom. The Labute approximate surface area is 191 Å². The highest BCUT2D eigenvalue weighted by atomic mass is 16.2. The van der Waals surface area contributed by atoms with Crippen molar-refractivity contribution in [1.29, 1.82) is 5.41 Å². The second-order valence-electron chi connectivity index (χ2n) is 9.54. The Kier molecular flexibility index (Phi) is 6.99. The first-order chi connectivity index (χ1) is 15.5. The first-order valence-electron chi connectivity index (χ1n) is 12.1. The molecule has 1 saturated heterocycles. The molecule has 172 valence electrons. The van der Waals surface area contributed by atoms with Crippen LogP contribution in [0.5, 0.6) is 0 Å². The number of para-hydroxylation sites is 1. The van der Waals surface area contributed by atoms with Gasteiger partial charge < -0.3 is 10.6 Å². The summed E-state index contributed by atoms with van der Waals surface area (Å²) < 4.78 is 1.57. The predicted octanol–water partition coefficient (Wildman–Crippen LogP) is 4.34. The number of carbonyl (C=O) groups is 1. The maximum absolute atomic E-state index is 13.5. The van der Waals surface area contributed by atoms with Crippen LogP contribution in [0.2, 0.25) is 0 Å². The number of benzene rings is 1. The number of anilines is 1. The molecular weight excluding hydrogens is 398 g/mol. The van der Waals surface area contributed by atoms with E-state index in [1.807, 2.05) is 29.3 Å². The highest BCUT2D eigenvalue weighted by Crippen LogP contribution is 2.36. The van der Waals surface area contributed by atoms with Gasteiger partial charge in [-0.1, -0.05) is 31.0 Å². The first-order valence-corrected chi connectivity index (χ1v) is 12.1. The van der Waals surface area contributed by atoms with Crippen molar-refractivity contribution in [1.82, 2.24) is 9.47 Å². The van der Waals surface area contributed by atoms with E-state index in [0.717, 1.165) is 37.2 Å². The van der Waals surface area contributed by atoms with Gasteiger partial charge in [0.25, 0.3) is 0 Å². The average molecular weight is 436 g/mol. The Balaban J connectivity index is 1.39. The van der Waals surface area contributed by atoms with Crippen LogP contribution in [0, 0.1) is 5.41 Å². The molecular formula is C26H37N5O. The Hall–Kier alpha value is -2.60. The molecule has 1 aromatic carbocycles. The summed E-state index contributed by atoms with van der Waals surface area (Å²) in [4.78, 5) is 18.1. The smallest absolute Gasteiger partial charge is 0.234 e. The van der Waals surface area contributed by atoms with Gasteiger partial charge in [0.05, 0.1) is 5.92 Å². The van der Waals surface area contributed by atoms with Crippen molar-refractivity contribution in [3.05, 3.63) is 53.9 Å². The number of nitrogens with zero attached hydrogens (tertiary/aromatic N) is 3. The third-order valence-corrected chi connectivity index (χ3v) is 7.34. The van der Waals surface area contributed by atoms with Crippen molar-refractivity contribution in [3.8, 4) is 0 Å². The zero-order valence-corrected chi connectivity index (χ0v) is 19.5. The number of nitrogens with one attached hydrogen (secondary N) is 1. The van der Waals surface area contributed by atoms with Crippen LogP contribution in [0.1, 0.15) is 69.4 Å². The summed E-state index contributed by atoms with van der Waals surface area (Å²) in [5.41, 5.74) is 8.80. The summed E-state index contributed by atoms with van der Waals surface area (Å²) in [5.74, 6) is -0.0991. The quantitative estimate of drug-likeness (QED) is 0.386. The molecule has 3 atom stereocenters. The second-order valence-corrected chi connectivity index (χ2v) is 9.54. The van der Waals surface area contributed by atoms with E-state index >= 15 is 0 Å². The van der Waals surface area contributed by atoms with Gasteiger partial charge in [-0.05, 0) is 75.8 Å². The van der Waals surface area contributed by atoms with Crippen LogP contribution in [-0.2, 0) is 11.2 Å². The van der Waals surface area contributed by atoms with E-state index in [1.165, 1.54) is 31.2 Å². The number of nitrogen functional groups attached to an aromatic ring is 1. The number of rotatable bonds is 7. The van der Waals surface area contributed by atoms with Crippen molar-refractivity contribution in [2.45, 2.75) is 76.8 Å². The minimum absolute atomic E-state index is 0.0332. The Morgan fingerprint density at radius 1 is 1.06 bits per heavy atom. The van der Waals surface area contributed by atoms with Crippen molar-refractivity contribution >= 4 is 17.6 Å². The molecule has 2 aliphatic rings. The van der Waals surface area contributed by atoms with E-state index in [9.17, 15) is 4.79 Å². The number of piperidine rings is 1. The fourth-order valence-corrected chi connectivity index (χ4v) is 5.48. The van der Waals surface area contributed by atoms with Gasteiger partial charge in [-0.3, -0.25) is 19.7 Å². The van der Waals surface area contributed by atoms with Gasteiger partial charge in [0.15, 0.2) is 5.96 Å². The summed E-state index contributed by atoms with van der Waals surface area (Å²) in [6.07, 6.45) is 11.6. The number of unbranched alkanes of at least 4 members (excludes halogenated alkanes) is 2. The van der Waals surface area contributed by atoms with Crippen LogP contribution >= 0.6 is 0 Å². The zero-order chi connectivity index (χ0) is 22.7. The molecule has 2 aromatic rings. The standard InChI is InChI=1S/C26H37N5O/c1-19-9-8-10-20(2)30(19)14-6-3-7-15-31-24-12-5-4-11-21(24)17-23(25(31)32)22-13-16-29(18-22)26(27)28/h4-5,11-13,16,18-20,23H,3,6-10,14-15,17H2,1-2H3,(H3,27,28)/t19-,20+,23?. The summed E-state index contributed by atoms with van der Waals surface area (Å²) in [5, 5.41) is 7.64. The van der Waals surface area contributed by atoms with Crippen LogP contribution in [0.3, 0.4) is 0 Å². The molecule has 3 heterocycles. The summed E-state index contributed by atoms with van der Waals surface area (Å²) in [7, 11) is 0. The number of amides is 1. The zero-order valence-electron chi connectivity index (χ0n) is 19.5. The van der Waals surface area contributed by atoms with Crippen molar-refractivity contribution in [2.24, 2.45) is 5.73 Å². The summed E-state index contributed by atoms with van der Waals surface area (Å²) >= 11 is 0. The lowest BCUT2D eigenvalue weighted by atomic mass is 9.87. The van der Waals surface area contributed by atoms with Crippen LogP contribution in [-0.4, -0.2) is 46.5 Å². The van der Waals surface area contributed by atoms with E-state index in [-0.39, 0.29) is 17.8 Å². The molecule has 0 spiro atoms. The SMILES string of the molecule is C[C@@H]1CCC[C@H](C)N1CCCCCN1C(=O)C(c2ccn(C(=N)N)c2)Cc2ccccc21. The maximum Gasteiger partial charge on any atom is 0.234 e. The number of aromatic nitrogens is 1. The second kappa shape index (κ2) is 9.90. The molecule has 2 aliphatic heterocycles. The lowest BCUT2D eigenvalue weighted by molar-refractivity contribution is -0.120. The maximum atomic E-state index is 13.5. The predicted molar refractivity (Wildman–Crippen MR) is 130 cm³/mol. The van der Waals surface area contributed by atoms with Crippen LogP contribution in [0.4, 0.5) is 5.69 Å². The number of fused-ring (bicyclic) bond motifs is 1. The molecule has 6 nitrogen and oxygen atoms in total. The van der Waals surface area contributed by atoms with E-state index in [4.69, 9.17) is 11.1 Å². The third-order valence-electron chi connectivity index (χ3n) is 7.34. The number of carbonyl (C=O) groups excluding carboxylic acids is 1. The van der Waals surface area contributed by atoms with E-state index < -0.39 is 0 Å². The monoisotopic (exact) mass is 435 g/mol. The minimum Gasteiger partial charge on any atom is -0.369 e. The Bertz CT molecular complexity index is 941. The molecule has 0 bridgehead atoms. The fourth-order valence-electron chi connectivity index (χ4n) is 5.48. The lowest BCUT2D eigenvalue weighted by Gasteiger charge is -2.39. The summed E-state index contributed by atoms with van der Waals surface area (Å²) in [6, 6.07) is 11.6. The van der Waals surface area contributed by atoms with Crippen molar-refractivity contribution in [2.75, 3.05) is 18.0 Å². The van der Waals surface area contributed by atoms with Crippen LogP contribution < -0.4 is 10.6 Å². The van der Waals surface area contributed by atoms with E-state index in [1.54, 1.807) is 10.8 Å². The normalized spacial score (nSPS) is 23.9. The van der Waals surface area contributed by atoms with Crippen molar-refractivity contribution in [3.63, 3.8) is 0 Å². The van der Waals surface area contributed by atoms with Gasteiger partial charge in [0, 0.05) is 36.7 Å². The fraction of sp³-hybridized carbons (Fsp3) is 0.538. The molecule has 0 aliphatic carbocycles. The lowest BCUT2D eigenvalue weighted by Crippen LogP contribution is -2.44. The van der Waals surface area contributed by atoms with E-state index in [2.05, 4.69) is 30.9 Å².